The number of hydrogen-bond acceptors (Lipinski definition) is 0. The maximum Gasteiger partial charge on any atom is -0.00605 e. The smallest absolute Gasteiger partial charge is 0.00605 e. The van der Waals surface area contributed by atoms with Gasteiger partial charge < -0.3 is 0 Å². The summed E-state index contributed by atoms with van der Waals surface area (Å²) >= 11 is 0. The minimum Gasteiger partial charge on any atom is -0.0785 e. The maximum absolute atomic E-state index is 2.47. The van der Waals surface area contributed by atoms with Gasteiger partial charge in [0.2, 0.25) is 0 Å². The fourth-order valence-corrected chi connectivity index (χ4v) is 7.92. The average molecular weight is 467 g/mol. The van der Waals surface area contributed by atoms with Crippen molar-refractivity contribution in [3.05, 3.63) is 131 Å². The monoisotopic (exact) mass is 466 g/mol. The van der Waals surface area contributed by atoms with Crippen LogP contribution in [0.4, 0.5) is 0 Å². The van der Waals surface area contributed by atoms with E-state index in [4.69, 9.17) is 0 Å². The zero-order valence-corrected chi connectivity index (χ0v) is 21.8. The lowest BCUT2D eigenvalue weighted by molar-refractivity contribution is 1.48. The molecule has 0 bridgehead atoms. The molecule has 2 heteroatoms. The molecule has 0 saturated carbocycles. The van der Waals surface area contributed by atoms with Gasteiger partial charge >= 0.3 is 0 Å². The molecule has 0 aliphatic rings. The minimum absolute atomic E-state index is 0.431. The summed E-state index contributed by atoms with van der Waals surface area (Å²) in [4.78, 5) is 0. The molecule has 0 radical (unpaired) electrons. The van der Waals surface area contributed by atoms with E-state index in [1.54, 1.807) is 0 Å². The molecule has 4 aromatic rings. The third-order valence-electron chi connectivity index (χ3n) is 5.86. The highest BCUT2D eigenvalue weighted by molar-refractivity contribution is 7.76. The number of rotatable bonds is 7. The van der Waals surface area contributed by atoms with Crippen molar-refractivity contribution >= 4 is 37.1 Å². The zero-order chi connectivity index (χ0) is 23.2. The summed E-state index contributed by atoms with van der Waals surface area (Å²) in [5, 5.41) is 5.70. The lowest BCUT2D eigenvalue weighted by Crippen LogP contribution is -2.14. The Balaban J connectivity index is 1.65. The maximum atomic E-state index is 2.47. The standard InChI is InChI=1S/C31H32P2/c1-24-6-14-28(15-7-24)32(29-16-8-25(2)9-17-29)22-5-23-33(30-18-10-26(3)11-19-30)31-20-12-27(4)13-21-31/h5-22H,23H2,1-4H3/b22-5+. The van der Waals surface area contributed by atoms with Crippen LogP contribution in [0.25, 0.3) is 0 Å². The fourth-order valence-electron chi connectivity index (χ4n) is 3.80. The van der Waals surface area contributed by atoms with Crippen molar-refractivity contribution in [2.24, 2.45) is 0 Å². The fraction of sp³-hybridized carbons (Fsp3) is 0.161. The second-order valence-electron chi connectivity index (χ2n) is 8.71. The quantitative estimate of drug-likeness (QED) is 0.257. The predicted molar refractivity (Wildman–Crippen MR) is 151 cm³/mol. The van der Waals surface area contributed by atoms with Crippen LogP contribution in [0.15, 0.2) is 109 Å². The first-order chi connectivity index (χ1) is 16.0. The zero-order valence-electron chi connectivity index (χ0n) is 20.0. The molecule has 0 atom stereocenters. The van der Waals surface area contributed by atoms with E-state index in [-0.39, 0.29) is 0 Å². The van der Waals surface area contributed by atoms with Gasteiger partial charge in [-0.25, -0.2) is 0 Å². The van der Waals surface area contributed by atoms with Crippen LogP contribution in [0.1, 0.15) is 22.3 Å². The third kappa shape index (κ3) is 6.29. The van der Waals surface area contributed by atoms with Gasteiger partial charge in [0, 0.05) is 0 Å². The Bertz CT molecular complexity index is 1100. The van der Waals surface area contributed by atoms with Crippen LogP contribution in [-0.4, -0.2) is 6.16 Å². The Morgan fingerprint density at radius 3 is 1.09 bits per heavy atom. The van der Waals surface area contributed by atoms with Crippen molar-refractivity contribution in [2.45, 2.75) is 27.7 Å². The van der Waals surface area contributed by atoms with Crippen LogP contribution in [0, 0.1) is 27.7 Å². The Labute approximate surface area is 201 Å². The van der Waals surface area contributed by atoms with E-state index in [9.17, 15) is 0 Å². The van der Waals surface area contributed by atoms with Gasteiger partial charge in [-0.15, -0.1) is 0 Å². The summed E-state index contributed by atoms with van der Waals surface area (Å²) in [6.45, 7) is 8.64. The molecule has 0 amide bonds. The van der Waals surface area contributed by atoms with E-state index in [0.717, 1.165) is 6.16 Å². The number of aryl methyl sites for hydroxylation is 4. The topological polar surface area (TPSA) is 0 Å². The van der Waals surface area contributed by atoms with Crippen molar-refractivity contribution in [3.63, 3.8) is 0 Å². The van der Waals surface area contributed by atoms with Gasteiger partial charge in [0.25, 0.3) is 0 Å². The highest BCUT2D eigenvalue weighted by Crippen LogP contribution is 2.38. The molecule has 0 heterocycles. The summed E-state index contributed by atoms with van der Waals surface area (Å²) in [5.74, 6) is 2.47. The number of allylic oxidation sites excluding steroid dienone is 1. The average Bonchev–Trinajstić information content (AvgIpc) is 2.82. The van der Waals surface area contributed by atoms with Crippen molar-refractivity contribution in [3.8, 4) is 0 Å². The van der Waals surface area contributed by atoms with Gasteiger partial charge in [0.15, 0.2) is 0 Å². The Morgan fingerprint density at radius 1 is 0.455 bits per heavy atom. The Morgan fingerprint density at radius 2 is 0.758 bits per heavy atom. The summed E-state index contributed by atoms with van der Waals surface area (Å²) in [5.41, 5.74) is 5.25. The van der Waals surface area contributed by atoms with Gasteiger partial charge in [-0.05, 0) is 70.9 Å². The molecule has 0 N–H and O–H groups in total. The van der Waals surface area contributed by atoms with E-state index >= 15 is 0 Å². The Hall–Kier alpha value is -2.52. The first kappa shape index (κ1) is 23.6. The largest absolute Gasteiger partial charge is 0.0785 e. The molecule has 166 valence electrons. The normalized spacial score (nSPS) is 11.6. The first-order valence-corrected chi connectivity index (χ1v) is 14.4. The van der Waals surface area contributed by atoms with Crippen molar-refractivity contribution in [2.75, 3.05) is 6.16 Å². The molecular weight excluding hydrogens is 434 g/mol. The van der Waals surface area contributed by atoms with E-state index in [1.165, 1.54) is 43.5 Å². The van der Waals surface area contributed by atoms with Gasteiger partial charge in [0.05, 0.1) is 0 Å². The lowest BCUT2D eigenvalue weighted by atomic mass is 10.2. The van der Waals surface area contributed by atoms with E-state index in [1.807, 2.05) is 0 Å². The molecule has 0 unspecified atom stereocenters. The summed E-state index contributed by atoms with van der Waals surface area (Å²) in [7, 11) is -0.955. The first-order valence-electron chi connectivity index (χ1n) is 11.5. The van der Waals surface area contributed by atoms with Crippen molar-refractivity contribution in [1.82, 2.24) is 0 Å². The molecule has 33 heavy (non-hydrogen) atoms. The molecule has 4 rings (SSSR count). The van der Waals surface area contributed by atoms with Gasteiger partial charge in [-0.1, -0.05) is 131 Å². The van der Waals surface area contributed by atoms with Crippen molar-refractivity contribution < 1.29 is 0 Å². The molecule has 0 saturated heterocycles. The van der Waals surface area contributed by atoms with Crippen molar-refractivity contribution in [1.29, 1.82) is 0 Å². The molecule has 0 aromatic heterocycles. The van der Waals surface area contributed by atoms with E-state index < -0.39 is 15.8 Å². The van der Waals surface area contributed by atoms with Crippen LogP contribution < -0.4 is 21.2 Å². The molecule has 0 aliphatic heterocycles. The molecule has 0 spiro atoms. The lowest BCUT2D eigenvalue weighted by Gasteiger charge is -2.19. The van der Waals surface area contributed by atoms with Gasteiger partial charge in [0.1, 0.15) is 0 Å². The van der Waals surface area contributed by atoms with Gasteiger partial charge in [-0.2, -0.15) is 0 Å². The van der Waals surface area contributed by atoms with Crippen LogP contribution in [-0.2, 0) is 0 Å². The highest BCUT2D eigenvalue weighted by Gasteiger charge is 2.14. The predicted octanol–water partition coefficient (Wildman–Crippen LogP) is 7.00. The van der Waals surface area contributed by atoms with Crippen LogP contribution in [0.2, 0.25) is 0 Å². The van der Waals surface area contributed by atoms with Crippen LogP contribution in [0.5, 0.6) is 0 Å². The SMILES string of the molecule is Cc1ccc(P(/C=C/CP(c2ccc(C)cc2)c2ccc(C)cc2)c2ccc(C)cc2)cc1. The van der Waals surface area contributed by atoms with Crippen LogP contribution >= 0.6 is 15.8 Å². The second kappa shape index (κ2) is 11.1. The Kier molecular flexibility index (Phi) is 7.93. The molecule has 4 aromatic carbocycles. The highest BCUT2D eigenvalue weighted by atomic mass is 31.1. The van der Waals surface area contributed by atoms with Crippen LogP contribution in [0.3, 0.4) is 0 Å². The summed E-state index contributed by atoms with van der Waals surface area (Å²) < 4.78 is 0. The number of benzene rings is 4. The van der Waals surface area contributed by atoms with E-state index in [2.05, 4.69) is 137 Å². The van der Waals surface area contributed by atoms with E-state index in [0.29, 0.717) is 0 Å². The summed E-state index contributed by atoms with van der Waals surface area (Å²) in [6, 6.07) is 36.4. The molecule has 0 fully saturated rings. The third-order valence-corrected chi connectivity index (χ3v) is 10.5. The molecule has 0 aliphatic carbocycles. The van der Waals surface area contributed by atoms with Gasteiger partial charge in [-0.3, -0.25) is 0 Å². The molecular formula is C31H32P2. The minimum atomic E-state index is -0.525. The molecule has 0 nitrogen and oxygen atoms in total. The second-order valence-corrected chi connectivity index (χ2v) is 13.0. The summed E-state index contributed by atoms with van der Waals surface area (Å²) in [6.07, 6.45) is 3.49. The number of hydrogen-bond donors (Lipinski definition) is 0.